The van der Waals surface area contributed by atoms with Gasteiger partial charge in [0.2, 0.25) is 0 Å². The monoisotopic (exact) mass is 535 g/mol. The second kappa shape index (κ2) is 9.84. The van der Waals surface area contributed by atoms with Gasteiger partial charge in [-0.15, -0.1) is 0 Å². The van der Waals surface area contributed by atoms with Crippen molar-refractivity contribution in [1.29, 1.82) is 0 Å². The van der Waals surface area contributed by atoms with Crippen LogP contribution < -0.4 is 0 Å². The summed E-state index contributed by atoms with van der Waals surface area (Å²) in [5.41, 5.74) is 3.21. The van der Waals surface area contributed by atoms with E-state index in [1.807, 2.05) is 68.8 Å². The smallest absolute Gasteiger partial charge is 0.410 e. The van der Waals surface area contributed by atoms with E-state index < -0.39 is 11.2 Å². The molecule has 0 bridgehead atoms. The van der Waals surface area contributed by atoms with E-state index >= 15 is 0 Å². The first kappa shape index (κ1) is 26.4. The van der Waals surface area contributed by atoms with Gasteiger partial charge in [-0.1, -0.05) is 23.7 Å². The van der Waals surface area contributed by atoms with Gasteiger partial charge in [0.25, 0.3) is 0 Å². The number of fused-ring (bicyclic) bond motifs is 2. The van der Waals surface area contributed by atoms with Crippen LogP contribution in [0.3, 0.4) is 0 Å². The fourth-order valence-corrected chi connectivity index (χ4v) is 5.56. The van der Waals surface area contributed by atoms with Crippen molar-refractivity contribution >= 4 is 29.3 Å². The number of aliphatic hydroxyl groups is 1. The van der Waals surface area contributed by atoms with E-state index in [1.165, 1.54) is 0 Å². The normalized spacial score (nSPS) is 19.6. The van der Waals surface area contributed by atoms with Gasteiger partial charge >= 0.3 is 6.09 Å². The quantitative estimate of drug-likeness (QED) is 0.515. The Hall–Kier alpha value is -3.20. The maximum Gasteiger partial charge on any atom is 0.410 e. The summed E-state index contributed by atoms with van der Waals surface area (Å²) in [7, 11) is 1.87. The SMILES string of the molecule is Cn1cncc1[C@@](C)(O)C1=Cc2cccnc2[C@@H](N2CCN(C(=O)OC(C)(C)C)CC2)c2ccc(Cl)cc21. The second-order valence-corrected chi connectivity index (χ2v) is 11.6. The highest BCUT2D eigenvalue weighted by Gasteiger charge is 2.39. The van der Waals surface area contributed by atoms with E-state index in [0.29, 0.717) is 36.9 Å². The number of benzene rings is 1. The Morgan fingerprint density at radius 2 is 1.87 bits per heavy atom. The summed E-state index contributed by atoms with van der Waals surface area (Å²) in [6.07, 6.45) is 6.90. The number of piperazine rings is 1. The third-order valence-electron chi connectivity index (χ3n) is 7.20. The first-order valence-electron chi connectivity index (χ1n) is 12.8. The first-order valence-corrected chi connectivity index (χ1v) is 13.2. The molecule has 2 aliphatic rings. The number of hydrogen-bond acceptors (Lipinski definition) is 6. The minimum atomic E-state index is -1.35. The lowest BCUT2D eigenvalue weighted by atomic mass is 9.84. The Kier molecular flexibility index (Phi) is 6.84. The number of nitrogens with zero attached hydrogens (tertiary/aromatic N) is 5. The molecule has 2 aromatic heterocycles. The number of imidazole rings is 1. The minimum Gasteiger partial charge on any atom is -0.444 e. The van der Waals surface area contributed by atoms with Gasteiger partial charge in [0.1, 0.15) is 11.2 Å². The van der Waals surface area contributed by atoms with Gasteiger partial charge in [-0.25, -0.2) is 9.78 Å². The Morgan fingerprint density at radius 1 is 1.13 bits per heavy atom. The molecule has 3 aromatic rings. The van der Waals surface area contributed by atoms with Crippen molar-refractivity contribution in [1.82, 2.24) is 24.3 Å². The molecule has 1 aromatic carbocycles. The van der Waals surface area contributed by atoms with Crippen molar-refractivity contribution in [2.75, 3.05) is 26.2 Å². The first-order chi connectivity index (χ1) is 18.0. The van der Waals surface area contributed by atoms with E-state index in [2.05, 4.69) is 9.88 Å². The summed E-state index contributed by atoms with van der Waals surface area (Å²) in [5, 5.41) is 12.6. The number of hydrogen-bond donors (Lipinski definition) is 1. The molecule has 0 saturated carbocycles. The fourth-order valence-electron chi connectivity index (χ4n) is 5.39. The minimum absolute atomic E-state index is 0.185. The number of aryl methyl sites for hydroxylation is 1. The Balaban J connectivity index is 1.57. The van der Waals surface area contributed by atoms with Crippen molar-refractivity contribution in [2.45, 2.75) is 44.9 Å². The van der Waals surface area contributed by atoms with Gasteiger partial charge < -0.3 is 19.3 Å². The highest BCUT2D eigenvalue weighted by molar-refractivity contribution is 6.30. The molecule has 9 heteroatoms. The molecule has 1 fully saturated rings. The third kappa shape index (κ3) is 4.96. The number of aromatic nitrogens is 3. The van der Waals surface area contributed by atoms with Crippen molar-refractivity contribution in [2.24, 2.45) is 7.05 Å². The molecule has 0 unspecified atom stereocenters. The van der Waals surface area contributed by atoms with Crippen LogP contribution in [0.1, 0.15) is 61.8 Å². The second-order valence-electron chi connectivity index (χ2n) is 11.1. The maximum atomic E-state index is 12.7. The lowest BCUT2D eigenvalue weighted by Crippen LogP contribution is -2.51. The summed E-state index contributed by atoms with van der Waals surface area (Å²) in [6.45, 7) is 9.81. The van der Waals surface area contributed by atoms with Crippen molar-refractivity contribution in [3.63, 3.8) is 0 Å². The van der Waals surface area contributed by atoms with Gasteiger partial charge in [0.05, 0.1) is 30.0 Å². The van der Waals surface area contributed by atoms with Crippen LogP contribution in [0.4, 0.5) is 4.79 Å². The van der Waals surface area contributed by atoms with Gasteiger partial charge in [0, 0.05) is 44.4 Å². The maximum absolute atomic E-state index is 12.7. The number of carbonyl (C=O) groups excluding carboxylic acids is 1. The van der Waals surface area contributed by atoms with Crippen molar-refractivity contribution < 1.29 is 14.6 Å². The molecule has 0 spiro atoms. The number of pyridine rings is 1. The van der Waals surface area contributed by atoms with E-state index in [1.54, 1.807) is 30.5 Å². The van der Waals surface area contributed by atoms with E-state index in [-0.39, 0.29) is 12.1 Å². The molecule has 1 aliphatic carbocycles. The largest absolute Gasteiger partial charge is 0.444 e. The zero-order chi connectivity index (χ0) is 27.2. The van der Waals surface area contributed by atoms with E-state index in [4.69, 9.17) is 21.3 Å². The molecular formula is C29H34ClN5O3. The van der Waals surface area contributed by atoms with Crippen LogP contribution >= 0.6 is 11.6 Å². The lowest BCUT2D eigenvalue weighted by Gasteiger charge is -2.40. The molecule has 200 valence electrons. The zero-order valence-corrected chi connectivity index (χ0v) is 23.2. The summed E-state index contributed by atoms with van der Waals surface area (Å²) in [4.78, 5) is 25.9. The lowest BCUT2D eigenvalue weighted by molar-refractivity contribution is 0.0117. The molecule has 5 rings (SSSR count). The number of carbonyl (C=O) groups is 1. The molecule has 8 nitrogen and oxygen atoms in total. The molecule has 38 heavy (non-hydrogen) atoms. The molecule has 1 N–H and O–H groups in total. The average Bonchev–Trinajstić information content (AvgIpc) is 3.24. The van der Waals surface area contributed by atoms with E-state index in [9.17, 15) is 9.90 Å². The molecule has 3 heterocycles. The Labute approximate surface area is 228 Å². The fraction of sp³-hybridized carbons (Fsp3) is 0.414. The van der Waals surface area contributed by atoms with Crippen molar-refractivity contribution in [3.8, 4) is 0 Å². The number of amides is 1. The molecular weight excluding hydrogens is 502 g/mol. The molecule has 2 atom stereocenters. The van der Waals surface area contributed by atoms with Crippen LogP contribution in [0.5, 0.6) is 0 Å². The summed E-state index contributed by atoms with van der Waals surface area (Å²) < 4.78 is 7.43. The van der Waals surface area contributed by atoms with Crippen LogP contribution in [0.2, 0.25) is 5.02 Å². The molecule has 1 saturated heterocycles. The Bertz CT molecular complexity index is 1380. The summed E-state index contributed by atoms with van der Waals surface area (Å²) in [6, 6.07) is 9.58. The topological polar surface area (TPSA) is 83.7 Å². The van der Waals surface area contributed by atoms with Crippen LogP contribution in [0, 0.1) is 0 Å². The highest BCUT2D eigenvalue weighted by atomic mass is 35.5. The van der Waals surface area contributed by atoms with Crippen LogP contribution in [0.25, 0.3) is 11.6 Å². The van der Waals surface area contributed by atoms with Gasteiger partial charge in [-0.05, 0) is 74.2 Å². The van der Waals surface area contributed by atoms with Gasteiger partial charge in [-0.2, -0.15) is 0 Å². The van der Waals surface area contributed by atoms with Crippen LogP contribution in [0.15, 0.2) is 49.1 Å². The van der Waals surface area contributed by atoms with Gasteiger partial charge in [0.15, 0.2) is 0 Å². The highest BCUT2D eigenvalue weighted by Crippen LogP contribution is 2.46. The predicted molar refractivity (Wildman–Crippen MR) is 148 cm³/mol. The third-order valence-corrected chi connectivity index (χ3v) is 7.44. The van der Waals surface area contributed by atoms with Crippen LogP contribution in [-0.4, -0.2) is 67.3 Å². The number of ether oxygens (including phenoxy) is 1. The molecule has 0 radical (unpaired) electrons. The molecule has 1 aliphatic heterocycles. The number of rotatable bonds is 3. The standard InChI is InChI=1S/C29H34ClN5O3/c1-28(2,3)38-27(36)35-13-11-34(12-14-35)26-21-9-8-20(30)16-22(21)23(15-19-7-6-10-32-25(19)26)29(4,37)24-17-31-18-33(24)5/h6-10,15-18,26,37H,11-14H2,1-5H3/t26-,29-/m0/s1. The molecule has 1 amide bonds. The predicted octanol–water partition coefficient (Wildman–Crippen LogP) is 4.87. The zero-order valence-electron chi connectivity index (χ0n) is 22.5. The average molecular weight is 536 g/mol. The van der Waals surface area contributed by atoms with Gasteiger partial charge in [-0.3, -0.25) is 9.88 Å². The summed E-state index contributed by atoms with van der Waals surface area (Å²) in [5.74, 6) is 0. The Morgan fingerprint density at radius 3 is 2.53 bits per heavy atom. The van der Waals surface area contributed by atoms with Crippen LogP contribution in [-0.2, 0) is 17.4 Å². The number of halogens is 1. The van der Waals surface area contributed by atoms with E-state index in [0.717, 1.165) is 28.0 Å². The van der Waals surface area contributed by atoms with Crippen molar-refractivity contribution in [3.05, 3.63) is 82.2 Å². The summed E-state index contributed by atoms with van der Waals surface area (Å²) >= 11 is 6.54.